The standard InChI is InChI=1S/C15H18N2O4/c1-2-5-15(20)8-17(9-15)14(19)10-3-4-11-12(6-10)21-7-13(18)16-11/h3-4,6,20H,2,5,7-9H2,1H3,(H,16,18). The van der Waals surface area contributed by atoms with Crippen molar-refractivity contribution in [3.05, 3.63) is 23.8 Å². The van der Waals surface area contributed by atoms with Gasteiger partial charge in [-0.05, 0) is 24.6 Å². The van der Waals surface area contributed by atoms with Gasteiger partial charge in [-0.25, -0.2) is 0 Å². The van der Waals surface area contributed by atoms with Crippen LogP contribution in [-0.2, 0) is 4.79 Å². The Morgan fingerprint density at radius 1 is 1.48 bits per heavy atom. The Morgan fingerprint density at radius 2 is 2.24 bits per heavy atom. The number of carbonyl (C=O) groups excluding carboxylic acids is 2. The number of aliphatic hydroxyl groups is 1. The van der Waals surface area contributed by atoms with E-state index < -0.39 is 5.60 Å². The van der Waals surface area contributed by atoms with Gasteiger partial charge in [0.05, 0.1) is 24.4 Å². The Bertz CT molecular complexity index is 593. The largest absolute Gasteiger partial charge is 0.482 e. The Morgan fingerprint density at radius 3 is 2.95 bits per heavy atom. The third-order valence-electron chi connectivity index (χ3n) is 3.83. The van der Waals surface area contributed by atoms with Gasteiger partial charge in [-0.15, -0.1) is 0 Å². The third-order valence-corrected chi connectivity index (χ3v) is 3.83. The van der Waals surface area contributed by atoms with E-state index in [0.717, 1.165) is 6.42 Å². The molecule has 1 saturated heterocycles. The van der Waals surface area contributed by atoms with Gasteiger partial charge in [-0.3, -0.25) is 9.59 Å². The van der Waals surface area contributed by atoms with Crippen molar-refractivity contribution in [3.63, 3.8) is 0 Å². The van der Waals surface area contributed by atoms with Crippen molar-refractivity contribution < 1.29 is 19.4 Å². The number of rotatable bonds is 3. The van der Waals surface area contributed by atoms with E-state index in [0.29, 0.717) is 36.5 Å². The molecule has 1 aromatic carbocycles. The second-order valence-corrected chi connectivity index (χ2v) is 5.68. The van der Waals surface area contributed by atoms with E-state index in [4.69, 9.17) is 4.74 Å². The molecule has 6 nitrogen and oxygen atoms in total. The second kappa shape index (κ2) is 5.04. The quantitative estimate of drug-likeness (QED) is 0.870. The van der Waals surface area contributed by atoms with Gasteiger partial charge in [0.25, 0.3) is 11.8 Å². The average molecular weight is 290 g/mol. The molecule has 2 amide bonds. The summed E-state index contributed by atoms with van der Waals surface area (Å²) in [6.45, 7) is 2.71. The Kier molecular flexibility index (Phi) is 3.33. The third kappa shape index (κ3) is 2.58. The lowest BCUT2D eigenvalue weighted by atomic mass is 9.88. The zero-order valence-corrected chi connectivity index (χ0v) is 11.9. The van der Waals surface area contributed by atoms with Crippen molar-refractivity contribution in [1.29, 1.82) is 0 Å². The molecular weight excluding hydrogens is 272 g/mol. The van der Waals surface area contributed by atoms with Gasteiger partial charge in [-0.1, -0.05) is 13.3 Å². The predicted octanol–water partition coefficient (Wildman–Crippen LogP) is 1.00. The molecule has 2 aliphatic heterocycles. The van der Waals surface area contributed by atoms with E-state index in [1.54, 1.807) is 23.1 Å². The van der Waals surface area contributed by atoms with Gasteiger partial charge < -0.3 is 20.1 Å². The maximum Gasteiger partial charge on any atom is 0.262 e. The Labute approximate surface area is 122 Å². The molecule has 1 aromatic rings. The van der Waals surface area contributed by atoms with Crippen molar-refractivity contribution in [3.8, 4) is 5.75 Å². The van der Waals surface area contributed by atoms with Crippen LogP contribution in [0.15, 0.2) is 18.2 Å². The number of anilines is 1. The first-order valence-electron chi connectivity index (χ1n) is 7.09. The lowest BCUT2D eigenvalue weighted by molar-refractivity contribution is -0.118. The minimum atomic E-state index is -0.733. The Hall–Kier alpha value is -2.08. The normalized spacial score (nSPS) is 19.1. The number of nitrogens with zero attached hydrogens (tertiary/aromatic N) is 1. The summed E-state index contributed by atoms with van der Waals surface area (Å²) >= 11 is 0. The number of β-amino-alcohol motifs (C(OH)–C–C–N with tert-alkyl or cyclic N) is 1. The van der Waals surface area contributed by atoms with E-state index in [1.165, 1.54) is 0 Å². The number of likely N-dealkylation sites (tertiary alicyclic amines) is 1. The molecule has 112 valence electrons. The molecule has 0 aromatic heterocycles. The van der Waals surface area contributed by atoms with Gasteiger partial charge in [0.1, 0.15) is 5.75 Å². The van der Waals surface area contributed by atoms with Gasteiger partial charge >= 0.3 is 0 Å². The number of hydrogen-bond acceptors (Lipinski definition) is 4. The molecule has 0 atom stereocenters. The summed E-state index contributed by atoms with van der Waals surface area (Å²) in [6.07, 6.45) is 1.60. The first-order chi connectivity index (χ1) is 10.0. The zero-order chi connectivity index (χ0) is 15.0. The molecule has 0 spiro atoms. The molecule has 2 heterocycles. The molecule has 0 radical (unpaired) electrons. The number of ether oxygens (including phenoxy) is 1. The maximum atomic E-state index is 12.3. The zero-order valence-electron chi connectivity index (χ0n) is 11.9. The SMILES string of the molecule is CCCC1(O)CN(C(=O)c2ccc3c(c2)OCC(=O)N3)C1. The van der Waals surface area contributed by atoms with Crippen molar-refractivity contribution >= 4 is 17.5 Å². The predicted molar refractivity (Wildman–Crippen MR) is 76.3 cm³/mol. The minimum Gasteiger partial charge on any atom is -0.482 e. The van der Waals surface area contributed by atoms with Crippen LogP contribution >= 0.6 is 0 Å². The molecule has 0 aliphatic carbocycles. The van der Waals surface area contributed by atoms with Crippen molar-refractivity contribution in [1.82, 2.24) is 4.90 Å². The molecule has 0 bridgehead atoms. The van der Waals surface area contributed by atoms with E-state index in [9.17, 15) is 14.7 Å². The molecule has 2 N–H and O–H groups in total. The van der Waals surface area contributed by atoms with Crippen LogP contribution in [0.3, 0.4) is 0 Å². The lowest BCUT2D eigenvalue weighted by Crippen LogP contribution is -2.63. The number of fused-ring (bicyclic) bond motifs is 1. The molecular formula is C15H18N2O4. The summed E-state index contributed by atoms with van der Waals surface area (Å²) in [7, 11) is 0. The highest BCUT2D eigenvalue weighted by Crippen LogP contribution is 2.31. The summed E-state index contributed by atoms with van der Waals surface area (Å²) in [6, 6.07) is 4.96. The summed E-state index contributed by atoms with van der Waals surface area (Å²) in [5.74, 6) is 0.179. The molecule has 3 rings (SSSR count). The van der Waals surface area contributed by atoms with Gasteiger partial charge in [0, 0.05) is 5.56 Å². The number of benzene rings is 1. The van der Waals surface area contributed by atoms with E-state index in [2.05, 4.69) is 5.32 Å². The average Bonchev–Trinajstić information content (AvgIpc) is 2.43. The van der Waals surface area contributed by atoms with Crippen molar-refractivity contribution in [2.75, 3.05) is 25.0 Å². The van der Waals surface area contributed by atoms with E-state index in [1.807, 2.05) is 6.92 Å². The number of amides is 2. The van der Waals surface area contributed by atoms with E-state index >= 15 is 0 Å². The number of carbonyl (C=O) groups is 2. The highest BCUT2D eigenvalue weighted by Gasteiger charge is 2.42. The topological polar surface area (TPSA) is 78.9 Å². The van der Waals surface area contributed by atoms with Crippen LogP contribution < -0.4 is 10.1 Å². The fourth-order valence-electron chi connectivity index (χ4n) is 2.82. The molecule has 21 heavy (non-hydrogen) atoms. The lowest BCUT2D eigenvalue weighted by Gasteiger charge is -2.46. The van der Waals surface area contributed by atoms with Crippen LogP contribution in [0.25, 0.3) is 0 Å². The van der Waals surface area contributed by atoms with Crippen LogP contribution in [0.2, 0.25) is 0 Å². The second-order valence-electron chi connectivity index (χ2n) is 5.68. The first-order valence-corrected chi connectivity index (χ1v) is 7.09. The molecule has 6 heteroatoms. The van der Waals surface area contributed by atoms with Crippen LogP contribution in [0.4, 0.5) is 5.69 Å². The van der Waals surface area contributed by atoms with Crippen LogP contribution in [0, 0.1) is 0 Å². The van der Waals surface area contributed by atoms with Crippen LogP contribution in [0.1, 0.15) is 30.1 Å². The van der Waals surface area contributed by atoms with Crippen LogP contribution in [-0.4, -0.2) is 47.1 Å². The van der Waals surface area contributed by atoms with Gasteiger partial charge in [0.2, 0.25) is 0 Å². The smallest absolute Gasteiger partial charge is 0.262 e. The molecule has 2 aliphatic rings. The monoisotopic (exact) mass is 290 g/mol. The fourth-order valence-corrected chi connectivity index (χ4v) is 2.82. The van der Waals surface area contributed by atoms with E-state index in [-0.39, 0.29) is 18.4 Å². The Balaban J connectivity index is 1.71. The van der Waals surface area contributed by atoms with Crippen LogP contribution in [0.5, 0.6) is 5.75 Å². The molecule has 0 saturated carbocycles. The summed E-state index contributed by atoms with van der Waals surface area (Å²) in [5, 5.41) is 12.8. The summed E-state index contributed by atoms with van der Waals surface area (Å²) < 4.78 is 5.31. The van der Waals surface area contributed by atoms with Crippen molar-refractivity contribution in [2.45, 2.75) is 25.4 Å². The molecule has 0 unspecified atom stereocenters. The number of nitrogens with one attached hydrogen (secondary N) is 1. The number of hydrogen-bond donors (Lipinski definition) is 2. The summed E-state index contributed by atoms with van der Waals surface area (Å²) in [5.41, 5.74) is 0.348. The fraction of sp³-hybridized carbons (Fsp3) is 0.467. The highest BCUT2D eigenvalue weighted by molar-refractivity contribution is 5.99. The highest BCUT2D eigenvalue weighted by atomic mass is 16.5. The first kappa shape index (κ1) is 13.9. The molecule has 1 fully saturated rings. The maximum absolute atomic E-state index is 12.3. The van der Waals surface area contributed by atoms with Gasteiger partial charge in [0.15, 0.2) is 6.61 Å². The summed E-state index contributed by atoms with van der Waals surface area (Å²) in [4.78, 5) is 25.2. The minimum absolute atomic E-state index is 0.0371. The van der Waals surface area contributed by atoms with Crippen molar-refractivity contribution in [2.24, 2.45) is 0 Å². The van der Waals surface area contributed by atoms with Gasteiger partial charge in [-0.2, -0.15) is 0 Å².